The van der Waals surface area contributed by atoms with Gasteiger partial charge in [-0.15, -0.1) is 0 Å². The second kappa shape index (κ2) is 4.60. The number of hydrogen-bond acceptors (Lipinski definition) is 3. The average molecular weight is 249 g/mol. The molecule has 0 spiro atoms. The minimum Gasteiger partial charge on any atom is -0.462 e. The number of esters is 1. The standard InChI is InChI=1S/C13H12FNO3/c1-3-18-13(17)8-6-15-10-5-4-9(14)7(2)11(10)12(8)16/h4-6H,3H2,1-2H3,(H,15,16). The van der Waals surface area contributed by atoms with Gasteiger partial charge in [0.2, 0.25) is 5.43 Å². The third kappa shape index (κ3) is 1.88. The molecule has 1 heterocycles. The summed E-state index contributed by atoms with van der Waals surface area (Å²) in [6, 6.07) is 2.74. The van der Waals surface area contributed by atoms with Crippen LogP contribution in [0.25, 0.3) is 10.9 Å². The highest BCUT2D eigenvalue weighted by Gasteiger charge is 2.16. The number of H-pyrrole nitrogens is 1. The fraction of sp³-hybridized carbons (Fsp3) is 0.231. The first kappa shape index (κ1) is 12.3. The molecule has 2 rings (SSSR count). The van der Waals surface area contributed by atoms with Crippen molar-refractivity contribution >= 4 is 16.9 Å². The van der Waals surface area contributed by atoms with Crippen molar-refractivity contribution in [3.05, 3.63) is 45.5 Å². The lowest BCUT2D eigenvalue weighted by Crippen LogP contribution is -2.19. The van der Waals surface area contributed by atoms with Gasteiger partial charge in [0.05, 0.1) is 12.0 Å². The lowest BCUT2D eigenvalue weighted by Gasteiger charge is -2.05. The molecular weight excluding hydrogens is 237 g/mol. The number of aromatic nitrogens is 1. The summed E-state index contributed by atoms with van der Waals surface area (Å²) in [5, 5.41) is 0.181. The molecule has 0 fully saturated rings. The monoisotopic (exact) mass is 249 g/mol. The third-order valence-electron chi connectivity index (χ3n) is 2.74. The van der Waals surface area contributed by atoms with E-state index >= 15 is 0 Å². The van der Waals surface area contributed by atoms with Crippen molar-refractivity contribution in [1.82, 2.24) is 4.98 Å². The van der Waals surface area contributed by atoms with Crippen molar-refractivity contribution in [1.29, 1.82) is 0 Å². The Kier molecular flexibility index (Phi) is 3.14. The number of aryl methyl sites for hydroxylation is 1. The van der Waals surface area contributed by atoms with Crippen LogP contribution in [-0.2, 0) is 4.74 Å². The number of rotatable bonds is 2. The van der Waals surface area contributed by atoms with Gasteiger partial charge in [0, 0.05) is 11.7 Å². The largest absolute Gasteiger partial charge is 0.462 e. The smallest absolute Gasteiger partial charge is 0.343 e. The molecule has 4 nitrogen and oxygen atoms in total. The molecule has 94 valence electrons. The Morgan fingerprint density at radius 3 is 2.83 bits per heavy atom. The summed E-state index contributed by atoms with van der Waals surface area (Å²) in [4.78, 5) is 26.5. The van der Waals surface area contributed by atoms with Gasteiger partial charge in [-0.25, -0.2) is 9.18 Å². The van der Waals surface area contributed by atoms with Gasteiger partial charge in [-0.3, -0.25) is 4.79 Å². The van der Waals surface area contributed by atoms with Crippen LogP contribution >= 0.6 is 0 Å². The van der Waals surface area contributed by atoms with Crippen LogP contribution in [0.15, 0.2) is 23.1 Å². The predicted molar refractivity (Wildman–Crippen MR) is 65.2 cm³/mol. The second-order valence-corrected chi connectivity index (χ2v) is 3.85. The van der Waals surface area contributed by atoms with Gasteiger partial charge < -0.3 is 9.72 Å². The van der Waals surface area contributed by atoms with E-state index in [-0.39, 0.29) is 23.1 Å². The van der Waals surface area contributed by atoms with Crippen LogP contribution in [0.2, 0.25) is 0 Å². The zero-order chi connectivity index (χ0) is 13.3. The molecule has 0 atom stereocenters. The number of nitrogens with one attached hydrogen (secondary N) is 1. The summed E-state index contributed by atoms with van der Waals surface area (Å²) in [6.45, 7) is 3.33. The van der Waals surface area contributed by atoms with Crippen LogP contribution in [-0.4, -0.2) is 17.6 Å². The first-order valence-corrected chi connectivity index (χ1v) is 5.54. The molecule has 1 aromatic heterocycles. The summed E-state index contributed by atoms with van der Waals surface area (Å²) in [5.74, 6) is -1.18. The van der Waals surface area contributed by atoms with Gasteiger partial charge in [-0.2, -0.15) is 0 Å². The fourth-order valence-electron chi connectivity index (χ4n) is 1.81. The molecule has 1 N–H and O–H groups in total. The van der Waals surface area contributed by atoms with E-state index < -0.39 is 17.2 Å². The van der Waals surface area contributed by atoms with E-state index in [9.17, 15) is 14.0 Å². The van der Waals surface area contributed by atoms with Gasteiger partial charge in [0.15, 0.2) is 0 Å². The summed E-state index contributed by atoms with van der Waals surface area (Å²) in [7, 11) is 0. The molecule has 0 saturated heterocycles. The minimum absolute atomic E-state index is 0.113. The predicted octanol–water partition coefficient (Wildman–Crippen LogP) is 2.15. The van der Waals surface area contributed by atoms with Crippen LogP contribution in [0.1, 0.15) is 22.8 Å². The summed E-state index contributed by atoms with van der Waals surface area (Å²) in [6.07, 6.45) is 1.29. The number of ether oxygens (including phenoxy) is 1. The summed E-state index contributed by atoms with van der Waals surface area (Å²) < 4.78 is 18.2. The highest BCUT2D eigenvalue weighted by molar-refractivity contribution is 5.94. The number of fused-ring (bicyclic) bond motifs is 1. The van der Waals surface area contributed by atoms with Crippen molar-refractivity contribution in [2.24, 2.45) is 0 Å². The van der Waals surface area contributed by atoms with E-state index in [1.165, 1.54) is 25.3 Å². The Hall–Kier alpha value is -2.17. The fourth-order valence-corrected chi connectivity index (χ4v) is 1.81. The maximum atomic E-state index is 13.4. The SMILES string of the molecule is CCOC(=O)c1c[nH]c2ccc(F)c(C)c2c1=O. The molecule has 1 aromatic carbocycles. The van der Waals surface area contributed by atoms with E-state index in [2.05, 4.69) is 4.98 Å². The van der Waals surface area contributed by atoms with Crippen molar-refractivity contribution in [3.8, 4) is 0 Å². The number of benzene rings is 1. The topological polar surface area (TPSA) is 59.2 Å². The Bertz CT molecular complexity index is 676. The van der Waals surface area contributed by atoms with E-state index in [1.54, 1.807) is 6.92 Å². The van der Waals surface area contributed by atoms with Gasteiger partial charge >= 0.3 is 5.97 Å². The maximum Gasteiger partial charge on any atom is 0.343 e. The first-order chi connectivity index (χ1) is 8.56. The van der Waals surface area contributed by atoms with Crippen LogP contribution in [0.3, 0.4) is 0 Å². The van der Waals surface area contributed by atoms with Crippen LogP contribution in [0.5, 0.6) is 0 Å². The maximum absolute atomic E-state index is 13.4. The Labute approximate surface area is 102 Å². The minimum atomic E-state index is -0.704. The molecule has 2 aromatic rings. The molecule has 0 radical (unpaired) electrons. The molecule has 0 unspecified atom stereocenters. The van der Waals surface area contributed by atoms with Crippen LogP contribution in [0, 0.1) is 12.7 Å². The zero-order valence-corrected chi connectivity index (χ0v) is 10.0. The normalized spacial score (nSPS) is 10.6. The van der Waals surface area contributed by atoms with Crippen LogP contribution < -0.4 is 5.43 Å². The molecule has 18 heavy (non-hydrogen) atoms. The number of halogens is 1. The third-order valence-corrected chi connectivity index (χ3v) is 2.74. The summed E-state index contributed by atoms with van der Waals surface area (Å²) >= 11 is 0. The second-order valence-electron chi connectivity index (χ2n) is 3.85. The van der Waals surface area contributed by atoms with E-state index in [4.69, 9.17) is 4.74 Å². The van der Waals surface area contributed by atoms with Gasteiger partial charge in [0.1, 0.15) is 11.4 Å². The Morgan fingerprint density at radius 2 is 2.17 bits per heavy atom. The average Bonchev–Trinajstić information content (AvgIpc) is 2.34. The number of carbonyl (C=O) groups excluding carboxylic acids is 1. The molecule has 0 saturated carbocycles. The lowest BCUT2D eigenvalue weighted by molar-refractivity contribution is 0.0524. The van der Waals surface area contributed by atoms with Crippen LogP contribution in [0.4, 0.5) is 4.39 Å². The number of pyridine rings is 1. The van der Waals surface area contributed by atoms with Gasteiger partial charge in [-0.1, -0.05) is 0 Å². The summed E-state index contributed by atoms with van der Waals surface area (Å²) in [5.41, 5.74) is 0.0871. The molecule has 0 aliphatic carbocycles. The molecule has 0 aliphatic rings. The molecule has 5 heteroatoms. The van der Waals surface area contributed by atoms with Gasteiger partial charge in [0.25, 0.3) is 0 Å². The van der Waals surface area contributed by atoms with E-state index in [0.717, 1.165) is 0 Å². The van der Waals surface area contributed by atoms with Crippen molar-refractivity contribution < 1.29 is 13.9 Å². The Balaban J connectivity index is 2.74. The number of carbonyl (C=O) groups is 1. The zero-order valence-electron chi connectivity index (χ0n) is 10.0. The number of hydrogen-bond donors (Lipinski definition) is 1. The van der Waals surface area contributed by atoms with E-state index in [1.807, 2.05) is 0 Å². The molecule has 0 bridgehead atoms. The highest BCUT2D eigenvalue weighted by atomic mass is 19.1. The van der Waals surface area contributed by atoms with Crippen molar-refractivity contribution in [3.63, 3.8) is 0 Å². The van der Waals surface area contributed by atoms with Gasteiger partial charge in [-0.05, 0) is 31.5 Å². The lowest BCUT2D eigenvalue weighted by atomic mass is 10.1. The first-order valence-electron chi connectivity index (χ1n) is 5.54. The molecular formula is C13H12FNO3. The molecule has 0 amide bonds. The molecule has 0 aliphatic heterocycles. The van der Waals surface area contributed by atoms with E-state index in [0.29, 0.717) is 5.52 Å². The quantitative estimate of drug-likeness (QED) is 0.829. The highest BCUT2D eigenvalue weighted by Crippen LogP contribution is 2.16. The van der Waals surface area contributed by atoms with Crippen molar-refractivity contribution in [2.75, 3.05) is 6.61 Å². The number of aromatic amines is 1. The van der Waals surface area contributed by atoms with Crippen molar-refractivity contribution in [2.45, 2.75) is 13.8 Å². The Morgan fingerprint density at radius 1 is 1.44 bits per heavy atom.